The standard InChI is InChI=1S/C10H12ClNO3S/c11-7-3-8(16-6-7)4-12-1-2-15-5-9(12)10(13)14/h3,6,9H,1-2,4-5H2,(H,13,14). The molecule has 1 saturated heterocycles. The molecule has 0 bridgehead atoms. The van der Waals surface area contributed by atoms with E-state index in [2.05, 4.69) is 0 Å². The van der Waals surface area contributed by atoms with Crippen LogP contribution in [0.25, 0.3) is 0 Å². The molecule has 2 rings (SSSR count). The van der Waals surface area contributed by atoms with Crippen molar-refractivity contribution in [3.63, 3.8) is 0 Å². The van der Waals surface area contributed by atoms with E-state index in [1.54, 1.807) is 11.3 Å². The predicted molar refractivity (Wildman–Crippen MR) is 62.0 cm³/mol. The summed E-state index contributed by atoms with van der Waals surface area (Å²) >= 11 is 7.38. The Morgan fingerprint density at radius 1 is 1.75 bits per heavy atom. The smallest absolute Gasteiger partial charge is 0.323 e. The molecule has 1 atom stereocenters. The third-order valence-corrected chi connectivity index (χ3v) is 3.77. The highest BCUT2D eigenvalue weighted by Gasteiger charge is 2.29. The number of carbonyl (C=O) groups is 1. The van der Waals surface area contributed by atoms with E-state index >= 15 is 0 Å². The Morgan fingerprint density at radius 2 is 2.56 bits per heavy atom. The molecule has 1 fully saturated rings. The molecule has 1 aromatic rings. The first-order chi connectivity index (χ1) is 7.66. The minimum Gasteiger partial charge on any atom is -0.480 e. The zero-order valence-electron chi connectivity index (χ0n) is 8.56. The Labute approximate surface area is 102 Å². The summed E-state index contributed by atoms with van der Waals surface area (Å²) in [7, 11) is 0. The number of hydrogen-bond acceptors (Lipinski definition) is 4. The number of nitrogens with zero attached hydrogens (tertiary/aromatic N) is 1. The number of morpholine rings is 1. The summed E-state index contributed by atoms with van der Waals surface area (Å²) in [5.74, 6) is -0.831. The number of aliphatic carboxylic acids is 1. The molecule has 16 heavy (non-hydrogen) atoms. The minimum atomic E-state index is -0.831. The van der Waals surface area contributed by atoms with Gasteiger partial charge in [0.25, 0.3) is 0 Å². The fraction of sp³-hybridized carbons (Fsp3) is 0.500. The molecule has 6 heteroatoms. The summed E-state index contributed by atoms with van der Waals surface area (Å²) in [4.78, 5) is 14.0. The maximum absolute atomic E-state index is 11.0. The first-order valence-corrected chi connectivity index (χ1v) is 6.20. The Hall–Kier alpha value is -0.620. The molecule has 0 aliphatic carbocycles. The van der Waals surface area contributed by atoms with Crippen molar-refractivity contribution in [3.8, 4) is 0 Å². The third-order valence-electron chi connectivity index (χ3n) is 2.51. The first kappa shape index (κ1) is 11.9. The Bertz CT molecular complexity index is 382. The normalized spacial score (nSPS) is 22.2. The van der Waals surface area contributed by atoms with E-state index in [0.717, 1.165) is 4.88 Å². The van der Waals surface area contributed by atoms with Gasteiger partial charge in [-0.2, -0.15) is 0 Å². The molecule has 2 heterocycles. The molecular formula is C10H12ClNO3S. The lowest BCUT2D eigenvalue weighted by Gasteiger charge is -2.32. The van der Waals surface area contributed by atoms with Crippen molar-refractivity contribution >= 4 is 28.9 Å². The summed E-state index contributed by atoms with van der Waals surface area (Å²) in [6, 6.07) is 1.33. The van der Waals surface area contributed by atoms with Gasteiger partial charge in [0.2, 0.25) is 0 Å². The van der Waals surface area contributed by atoms with E-state index < -0.39 is 12.0 Å². The van der Waals surface area contributed by atoms with Crippen molar-refractivity contribution in [1.82, 2.24) is 4.90 Å². The lowest BCUT2D eigenvalue weighted by Crippen LogP contribution is -2.49. The fourth-order valence-electron chi connectivity index (χ4n) is 1.69. The summed E-state index contributed by atoms with van der Waals surface area (Å²) in [6.07, 6.45) is 0. The Morgan fingerprint density at radius 3 is 3.19 bits per heavy atom. The first-order valence-electron chi connectivity index (χ1n) is 4.94. The van der Waals surface area contributed by atoms with Crippen LogP contribution < -0.4 is 0 Å². The van der Waals surface area contributed by atoms with Crippen LogP contribution in [0, 0.1) is 0 Å². The Kier molecular flexibility index (Phi) is 3.81. The van der Waals surface area contributed by atoms with E-state index in [1.807, 2.05) is 16.3 Å². The Balaban J connectivity index is 2.03. The number of hydrogen-bond donors (Lipinski definition) is 1. The fourth-order valence-corrected chi connectivity index (χ4v) is 2.79. The number of carboxylic acid groups (broad SMARTS) is 1. The molecule has 1 N–H and O–H groups in total. The van der Waals surface area contributed by atoms with Gasteiger partial charge in [-0.05, 0) is 6.07 Å². The topological polar surface area (TPSA) is 49.8 Å². The lowest BCUT2D eigenvalue weighted by molar-refractivity contribution is -0.150. The predicted octanol–water partition coefficient (Wildman–Crippen LogP) is 1.69. The quantitative estimate of drug-likeness (QED) is 0.900. The molecule has 1 aliphatic rings. The van der Waals surface area contributed by atoms with Crippen molar-refractivity contribution in [2.45, 2.75) is 12.6 Å². The highest BCUT2D eigenvalue weighted by molar-refractivity contribution is 7.10. The maximum atomic E-state index is 11.0. The highest BCUT2D eigenvalue weighted by atomic mass is 35.5. The zero-order valence-corrected chi connectivity index (χ0v) is 10.1. The lowest BCUT2D eigenvalue weighted by atomic mass is 10.2. The number of carboxylic acids is 1. The third kappa shape index (κ3) is 2.74. The summed E-state index contributed by atoms with van der Waals surface area (Å²) < 4.78 is 5.17. The van der Waals surface area contributed by atoms with Crippen LogP contribution in [0.4, 0.5) is 0 Å². The van der Waals surface area contributed by atoms with E-state index in [4.69, 9.17) is 21.4 Å². The van der Waals surface area contributed by atoms with Crippen molar-refractivity contribution in [3.05, 3.63) is 21.3 Å². The number of halogens is 1. The largest absolute Gasteiger partial charge is 0.480 e. The van der Waals surface area contributed by atoms with Gasteiger partial charge in [0.1, 0.15) is 6.04 Å². The average molecular weight is 262 g/mol. The van der Waals surface area contributed by atoms with Gasteiger partial charge in [-0.3, -0.25) is 9.69 Å². The molecule has 0 spiro atoms. The summed E-state index contributed by atoms with van der Waals surface area (Å²) in [6.45, 7) is 2.11. The van der Waals surface area contributed by atoms with Crippen LogP contribution in [0.1, 0.15) is 4.88 Å². The van der Waals surface area contributed by atoms with E-state index in [0.29, 0.717) is 24.7 Å². The molecule has 0 amide bonds. The molecular weight excluding hydrogens is 250 g/mol. The van der Waals surface area contributed by atoms with Gasteiger partial charge >= 0.3 is 5.97 Å². The monoisotopic (exact) mass is 261 g/mol. The van der Waals surface area contributed by atoms with Crippen LogP contribution in [0.2, 0.25) is 5.02 Å². The van der Waals surface area contributed by atoms with Crippen molar-refractivity contribution in [1.29, 1.82) is 0 Å². The van der Waals surface area contributed by atoms with Crippen LogP contribution >= 0.6 is 22.9 Å². The van der Waals surface area contributed by atoms with E-state index in [-0.39, 0.29) is 6.61 Å². The summed E-state index contributed by atoms with van der Waals surface area (Å²) in [5, 5.41) is 11.6. The van der Waals surface area contributed by atoms with Gasteiger partial charge in [-0.15, -0.1) is 11.3 Å². The van der Waals surface area contributed by atoms with Crippen LogP contribution in [-0.4, -0.2) is 41.8 Å². The van der Waals surface area contributed by atoms with Crippen LogP contribution in [0.15, 0.2) is 11.4 Å². The molecule has 0 saturated carbocycles. The van der Waals surface area contributed by atoms with Crippen molar-refractivity contribution in [2.75, 3.05) is 19.8 Å². The average Bonchev–Trinajstić information content (AvgIpc) is 2.64. The highest BCUT2D eigenvalue weighted by Crippen LogP contribution is 2.22. The molecule has 1 aromatic heterocycles. The maximum Gasteiger partial charge on any atom is 0.323 e. The second-order valence-corrected chi connectivity index (χ2v) is 5.06. The van der Waals surface area contributed by atoms with Gasteiger partial charge in [0, 0.05) is 23.3 Å². The van der Waals surface area contributed by atoms with Crippen LogP contribution in [0.5, 0.6) is 0 Å². The number of thiophene rings is 1. The molecule has 4 nitrogen and oxygen atoms in total. The van der Waals surface area contributed by atoms with Gasteiger partial charge in [-0.1, -0.05) is 11.6 Å². The van der Waals surface area contributed by atoms with Gasteiger partial charge in [0.05, 0.1) is 18.2 Å². The minimum absolute atomic E-state index is 0.258. The molecule has 0 aromatic carbocycles. The van der Waals surface area contributed by atoms with Gasteiger partial charge < -0.3 is 9.84 Å². The van der Waals surface area contributed by atoms with Gasteiger partial charge in [-0.25, -0.2) is 0 Å². The molecule has 0 radical (unpaired) electrons. The molecule has 88 valence electrons. The van der Waals surface area contributed by atoms with E-state index in [1.165, 1.54) is 0 Å². The van der Waals surface area contributed by atoms with Crippen molar-refractivity contribution in [2.24, 2.45) is 0 Å². The second kappa shape index (κ2) is 5.14. The molecule has 1 aliphatic heterocycles. The number of rotatable bonds is 3. The SMILES string of the molecule is O=C(O)C1COCCN1Cc1cc(Cl)cs1. The van der Waals surface area contributed by atoms with Gasteiger partial charge in [0.15, 0.2) is 0 Å². The second-order valence-electron chi connectivity index (χ2n) is 3.63. The van der Waals surface area contributed by atoms with Crippen molar-refractivity contribution < 1.29 is 14.6 Å². The summed E-state index contributed by atoms with van der Waals surface area (Å²) in [5.41, 5.74) is 0. The van der Waals surface area contributed by atoms with Crippen LogP contribution in [-0.2, 0) is 16.1 Å². The zero-order chi connectivity index (χ0) is 11.5. The number of ether oxygens (including phenoxy) is 1. The van der Waals surface area contributed by atoms with Crippen LogP contribution in [0.3, 0.4) is 0 Å². The van der Waals surface area contributed by atoms with E-state index in [9.17, 15) is 4.79 Å². The molecule has 1 unspecified atom stereocenters.